The Morgan fingerprint density at radius 3 is 1.53 bits per heavy atom. The van der Waals surface area contributed by atoms with Crippen molar-refractivity contribution in [1.82, 2.24) is 0 Å². The molecule has 0 heterocycles. The lowest BCUT2D eigenvalue weighted by Gasteiger charge is -2.30. The van der Waals surface area contributed by atoms with Crippen molar-refractivity contribution < 1.29 is 33.0 Å². The quantitative estimate of drug-likeness (QED) is 0.513. The van der Waals surface area contributed by atoms with E-state index in [-0.39, 0.29) is 29.6 Å². The standard InChI is InChI=1S/C27H17F3O4/c28-18-9-15(10-19(29)25(18)30)22(23-20(31)11-13-5-1-3-7-16(13)26(23)33)24-21(32)12-14-6-2-4-8-17(14)27(24)34/h1-10,22,33-34H,11-12H2. The van der Waals surface area contributed by atoms with Gasteiger partial charge in [0.15, 0.2) is 29.0 Å². The van der Waals surface area contributed by atoms with E-state index in [0.29, 0.717) is 34.4 Å². The first-order chi connectivity index (χ1) is 16.3. The molecule has 0 spiro atoms. The molecule has 0 bridgehead atoms. The number of allylic oxidation sites excluding steroid dienone is 2. The maximum atomic E-state index is 14.3. The minimum absolute atomic E-state index is 0.128. The molecule has 0 radical (unpaired) electrons. The summed E-state index contributed by atoms with van der Waals surface area (Å²) in [6, 6.07) is 14.5. The topological polar surface area (TPSA) is 74.6 Å². The molecule has 0 atom stereocenters. The maximum Gasteiger partial charge on any atom is 0.194 e. The minimum Gasteiger partial charge on any atom is -0.507 e. The number of rotatable bonds is 3. The SMILES string of the molecule is O=C1Cc2ccccc2C(O)=C1C(C1=C(O)c2ccccc2CC1=O)c1cc(F)c(F)c(F)c1. The highest BCUT2D eigenvalue weighted by atomic mass is 19.2. The Labute approximate surface area is 192 Å². The molecule has 34 heavy (non-hydrogen) atoms. The fourth-order valence-electron chi connectivity index (χ4n) is 4.72. The lowest BCUT2D eigenvalue weighted by atomic mass is 9.72. The Balaban J connectivity index is 1.84. The summed E-state index contributed by atoms with van der Waals surface area (Å²) in [5.74, 6) is -8.37. The van der Waals surface area contributed by atoms with E-state index in [1.54, 1.807) is 48.5 Å². The number of carbonyl (C=O) groups excluding carboxylic acids is 2. The van der Waals surface area contributed by atoms with Crippen LogP contribution < -0.4 is 0 Å². The van der Waals surface area contributed by atoms with Crippen LogP contribution in [0.4, 0.5) is 13.2 Å². The number of benzene rings is 3. The molecule has 0 saturated heterocycles. The highest BCUT2D eigenvalue weighted by Gasteiger charge is 2.40. The number of hydrogen-bond donors (Lipinski definition) is 2. The van der Waals surface area contributed by atoms with Crippen molar-refractivity contribution in [1.29, 1.82) is 0 Å². The molecule has 2 N–H and O–H groups in total. The summed E-state index contributed by atoms with van der Waals surface area (Å²) in [7, 11) is 0. The fraction of sp³-hybridized carbons (Fsp3) is 0.111. The summed E-state index contributed by atoms with van der Waals surface area (Å²) in [5, 5.41) is 22.2. The normalized spacial score (nSPS) is 15.6. The maximum absolute atomic E-state index is 14.3. The molecular weight excluding hydrogens is 445 g/mol. The van der Waals surface area contributed by atoms with Crippen molar-refractivity contribution in [2.75, 3.05) is 0 Å². The molecule has 3 aromatic rings. The molecule has 5 rings (SSSR count). The second kappa shape index (κ2) is 8.02. The van der Waals surface area contributed by atoms with Crippen LogP contribution in [0.25, 0.3) is 11.5 Å². The number of aliphatic hydroxyl groups is 2. The van der Waals surface area contributed by atoms with E-state index in [9.17, 15) is 33.0 Å². The molecule has 2 aliphatic carbocycles. The monoisotopic (exact) mass is 462 g/mol. The average molecular weight is 462 g/mol. The van der Waals surface area contributed by atoms with E-state index in [2.05, 4.69) is 0 Å². The van der Waals surface area contributed by atoms with Gasteiger partial charge in [-0.1, -0.05) is 48.5 Å². The van der Waals surface area contributed by atoms with Gasteiger partial charge in [-0.3, -0.25) is 9.59 Å². The van der Waals surface area contributed by atoms with Gasteiger partial charge in [0.25, 0.3) is 0 Å². The number of ketones is 2. The molecule has 0 amide bonds. The molecular formula is C27H17F3O4. The van der Waals surface area contributed by atoms with Crippen LogP contribution in [0.1, 0.15) is 33.7 Å². The summed E-state index contributed by atoms with van der Waals surface area (Å²) in [5.41, 5.74) is 0.879. The van der Waals surface area contributed by atoms with Crippen LogP contribution in [0.5, 0.6) is 0 Å². The van der Waals surface area contributed by atoms with Crippen LogP contribution in [0.2, 0.25) is 0 Å². The second-order valence-electron chi connectivity index (χ2n) is 8.27. The van der Waals surface area contributed by atoms with E-state index in [1.807, 2.05) is 0 Å². The molecule has 0 unspecified atom stereocenters. The minimum atomic E-state index is -1.71. The first-order valence-corrected chi connectivity index (χ1v) is 10.5. The second-order valence-corrected chi connectivity index (χ2v) is 8.27. The lowest BCUT2D eigenvalue weighted by molar-refractivity contribution is -0.115. The van der Waals surface area contributed by atoms with Crippen LogP contribution in [-0.2, 0) is 22.4 Å². The van der Waals surface area contributed by atoms with Crippen LogP contribution in [0, 0.1) is 17.5 Å². The molecule has 0 saturated carbocycles. The zero-order chi connectivity index (χ0) is 24.1. The van der Waals surface area contributed by atoms with Crippen molar-refractivity contribution in [2.45, 2.75) is 18.8 Å². The van der Waals surface area contributed by atoms with Crippen LogP contribution in [0.3, 0.4) is 0 Å². The Morgan fingerprint density at radius 1 is 0.676 bits per heavy atom. The summed E-state index contributed by atoms with van der Waals surface area (Å²) in [6.07, 6.45) is -0.256. The summed E-state index contributed by atoms with van der Waals surface area (Å²) in [6.45, 7) is 0. The van der Waals surface area contributed by atoms with Crippen LogP contribution in [0.15, 0.2) is 71.8 Å². The number of hydrogen-bond acceptors (Lipinski definition) is 4. The molecule has 0 aromatic heterocycles. The first kappa shape index (κ1) is 21.7. The van der Waals surface area contributed by atoms with Crippen molar-refractivity contribution in [3.8, 4) is 0 Å². The summed E-state index contributed by atoms with van der Waals surface area (Å²) >= 11 is 0. The Morgan fingerprint density at radius 2 is 1.09 bits per heavy atom. The highest BCUT2D eigenvalue weighted by Crippen LogP contribution is 2.45. The predicted octanol–water partition coefficient (Wildman–Crippen LogP) is 5.38. The molecule has 0 fully saturated rings. The number of carbonyl (C=O) groups is 2. The van der Waals surface area contributed by atoms with Crippen molar-refractivity contribution in [2.24, 2.45) is 0 Å². The summed E-state index contributed by atoms with van der Waals surface area (Å²) in [4.78, 5) is 26.5. The van der Waals surface area contributed by atoms with Gasteiger partial charge < -0.3 is 10.2 Å². The van der Waals surface area contributed by atoms with E-state index >= 15 is 0 Å². The van der Waals surface area contributed by atoms with Gasteiger partial charge in [0.05, 0.1) is 11.1 Å². The van der Waals surface area contributed by atoms with E-state index in [0.717, 1.165) is 0 Å². The third-order valence-electron chi connectivity index (χ3n) is 6.27. The van der Waals surface area contributed by atoms with Crippen molar-refractivity contribution in [3.05, 3.63) is 117 Å². The smallest absolute Gasteiger partial charge is 0.194 e. The number of Topliss-reactive ketones (excluding diaryl/α,β-unsaturated/α-hetero) is 2. The summed E-state index contributed by atoms with van der Waals surface area (Å²) < 4.78 is 42.3. The average Bonchev–Trinajstić information content (AvgIpc) is 2.81. The van der Waals surface area contributed by atoms with Crippen LogP contribution in [-0.4, -0.2) is 21.8 Å². The Bertz CT molecular complexity index is 1350. The predicted molar refractivity (Wildman–Crippen MR) is 118 cm³/mol. The molecule has 170 valence electrons. The van der Waals surface area contributed by atoms with Gasteiger partial charge in [-0.2, -0.15) is 0 Å². The van der Waals surface area contributed by atoms with E-state index < -0.39 is 46.5 Å². The first-order valence-electron chi connectivity index (χ1n) is 10.5. The lowest BCUT2D eigenvalue weighted by Crippen LogP contribution is -2.28. The van der Waals surface area contributed by atoms with Gasteiger partial charge in [0, 0.05) is 29.9 Å². The zero-order valence-electron chi connectivity index (χ0n) is 17.6. The largest absolute Gasteiger partial charge is 0.507 e. The third kappa shape index (κ3) is 3.32. The molecule has 2 aliphatic rings. The van der Waals surface area contributed by atoms with Gasteiger partial charge in [0.1, 0.15) is 11.5 Å². The zero-order valence-corrected chi connectivity index (χ0v) is 17.6. The van der Waals surface area contributed by atoms with Crippen LogP contribution >= 0.6 is 0 Å². The molecule has 7 heteroatoms. The number of halogens is 3. The van der Waals surface area contributed by atoms with Gasteiger partial charge in [-0.25, -0.2) is 13.2 Å². The highest BCUT2D eigenvalue weighted by molar-refractivity contribution is 6.13. The molecule has 3 aromatic carbocycles. The van der Waals surface area contributed by atoms with Crippen molar-refractivity contribution >= 4 is 23.1 Å². The van der Waals surface area contributed by atoms with Crippen molar-refractivity contribution in [3.63, 3.8) is 0 Å². The van der Waals surface area contributed by atoms with E-state index in [1.165, 1.54) is 0 Å². The number of fused-ring (bicyclic) bond motifs is 2. The van der Waals surface area contributed by atoms with E-state index in [4.69, 9.17) is 0 Å². The fourth-order valence-corrected chi connectivity index (χ4v) is 4.72. The van der Waals surface area contributed by atoms with Gasteiger partial charge in [-0.15, -0.1) is 0 Å². The molecule has 0 aliphatic heterocycles. The van der Waals surface area contributed by atoms with Gasteiger partial charge in [-0.05, 0) is 28.8 Å². The van der Waals surface area contributed by atoms with Gasteiger partial charge in [0.2, 0.25) is 0 Å². The molecule has 4 nitrogen and oxygen atoms in total. The third-order valence-corrected chi connectivity index (χ3v) is 6.27. The van der Waals surface area contributed by atoms with Gasteiger partial charge >= 0.3 is 0 Å². The Hall–Kier alpha value is -4.13. The Kier molecular flexibility index (Phi) is 5.12. The number of aliphatic hydroxyl groups excluding tert-OH is 2.